The molecule has 0 aromatic heterocycles. The summed E-state index contributed by atoms with van der Waals surface area (Å²) < 4.78 is 6.80. The van der Waals surface area contributed by atoms with Crippen LogP contribution in [0.5, 0.6) is 0 Å². The smallest absolute Gasteiger partial charge is 0.117 e. The van der Waals surface area contributed by atoms with Gasteiger partial charge in [0.15, 0.2) is 0 Å². The predicted octanol–water partition coefficient (Wildman–Crippen LogP) is 2.24. The fourth-order valence-electron chi connectivity index (χ4n) is 8.99. The molecule has 0 amide bonds. The summed E-state index contributed by atoms with van der Waals surface area (Å²) in [6.45, 7) is 16.6. The van der Waals surface area contributed by atoms with Crippen molar-refractivity contribution in [2.75, 3.05) is 0 Å². The largest absolute Gasteiger partial charge is 0.491 e. The molecule has 4 N–H and O–H groups in total. The first kappa shape index (κ1) is 17.3. The molecular formula is C22H34N2O3. The topological polar surface area (TPSA) is 93.6 Å². The van der Waals surface area contributed by atoms with Gasteiger partial charge in [-0.3, -0.25) is 10.6 Å². The highest BCUT2D eigenvalue weighted by molar-refractivity contribution is 5.52. The summed E-state index contributed by atoms with van der Waals surface area (Å²) in [6, 6.07) is 0. The molecule has 0 radical (unpaired) electrons. The van der Waals surface area contributed by atoms with Crippen molar-refractivity contribution in [1.82, 2.24) is 10.6 Å². The van der Waals surface area contributed by atoms with Crippen LogP contribution in [0.4, 0.5) is 0 Å². The van der Waals surface area contributed by atoms with E-state index in [0.717, 1.165) is 31.4 Å². The summed E-state index contributed by atoms with van der Waals surface area (Å²) in [5.74, 6) is 1.39. The highest BCUT2D eigenvalue weighted by atomic mass is 16.5. The Kier molecular flexibility index (Phi) is 2.40. The van der Waals surface area contributed by atoms with Crippen LogP contribution in [-0.4, -0.2) is 38.8 Å². The molecule has 5 nitrogen and oxygen atoms in total. The van der Waals surface area contributed by atoms with E-state index in [1.165, 1.54) is 0 Å². The summed E-state index contributed by atoms with van der Waals surface area (Å²) in [5, 5.41) is 29.2. The van der Waals surface area contributed by atoms with Crippen LogP contribution in [0.3, 0.4) is 0 Å². The van der Waals surface area contributed by atoms with Crippen molar-refractivity contribution in [3.05, 3.63) is 12.3 Å². The molecule has 5 unspecified atom stereocenters. The Morgan fingerprint density at radius 3 is 1.96 bits per heavy atom. The zero-order chi connectivity index (χ0) is 19.7. The maximum absolute atomic E-state index is 11.1. The minimum Gasteiger partial charge on any atom is -0.491 e. The molecule has 5 atom stereocenters. The lowest BCUT2D eigenvalue weighted by Gasteiger charge is -3.01. The first-order chi connectivity index (χ1) is 12.2. The Bertz CT molecular complexity index is 779. The highest BCUT2D eigenvalue weighted by Gasteiger charge is 3.04. The third-order valence-electron chi connectivity index (χ3n) is 10.6. The number of hydrogen-bond acceptors (Lipinski definition) is 5. The number of hydrogen-bond donors (Lipinski definition) is 4. The molecule has 27 heavy (non-hydrogen) atoms. The lowest BCUT2D eigenvalue weighted by atomic mass is 9.04. The van der Waals surface area contributed by atoms with Gasteiger partial charge in [-0.15, -0.1) is 0 Å². The lowest BCUT2D eigenvalue weighted by Crippen LogP contribution is -3.03. The second-order valence-electron chi connectivity index (χ2n) is 12.2. The Balaban J connectivity index is 1.37. The van der Waals surface area contributed by atoms with Crippen molar-refractivity contribution in [1.29, 1.82) is 0 Å². The van der Waals surface area contributed by atoms with Gasteiger partial charge in [0.25, 0.3) is 0 Å². The molecule has 2 aliphatic heterocycles. The zero-order valence-corrected chi connectivity index (χ0v) is 17.5. The Labute approximate surface area is 161 Å². The van der Waals surface area contributed by atoms with E-state index >= 15 is 0 Å². The van der Waals surface area contributed by atoms with E-state index in [4.69, 9.17) is 4.74 Å². The van der Waals surface area contributed by atoms with Gasteiger partial charge in [0.2, 0.25) is 0 Å². The average molecular weight is 375 g/mol. The van der Waals surface area contributed by atoms with E-state index in [0.29, 0.717) is 12.1 Å². The minimum absolute atomic E-state index is 0.0365. The average Bonchev–Trinajstić information content (AvgIpc) is 3.24. The third kappa shape index (κ3) is 1.27. The summed E-state index contributed by atoms with van der Waals surface area (Å²) in [5.41, 5.74) is -2.39. The van der Waals surface area contributed by atoms with Crippen molar-refractivity contribution in [3.63, 3.8) is 0 Å². The maximum atomic E-state index is 11.1. The molecule has 2 heterocycles. The number of nitrogens with one attached hydrogen (secondary N) is 2. The normalized spacial score (nSPS) is 56.1. The van der Waals surface area contributed by atoms with Gasteiger partial charge < -0.3 is 14.9 Å². The molecule has 2 saturated heterocycles. The first-order valence-corrected chi connectivity index (χ1v) is 10.6. The molecule has 6 rings (SSSR count). The van der Waals surface area contributed by atoms with Crippen LogP contribution in [-0.2, 0) is 4.74 Å². The fourth-order valence-corrected chi connectivity index (χ4v) is 8.99. The van der Waals surface area contributed by atoms with E-state index in [1.54, 1.807) is 0 Å². The molecule has 1 spiro atoms. The van der Waals surface area contributed by atoms with Gasteiger partial charge in [-0.1, -0.05) is 6.58 Å². The summed E-state index contributed by atoms with van der Waals surface area (Å²) in [7, 11) is 0. The Hall–Kier alpha value is -0.620. The Morgan fingerprint density at radius 1 is 0.963 bits per heavy atom. The number of aliphatic hydroxyl groups is 2. The highest BCUT2D eigenvalue weighted by Crippen LogP contribution is 3.02. The monoisotopic (exact) mass is 374 g/mol. The van der Waals surface area contributed by atoms with E-state index in [9.17, 15) is 10.2 Å². The standard InChI is InChI=1S/C22H34N2O3/c1-12(15(2,3)22-14(23-22)24-22)27-20-9-13-8-18(16(4,5)25)10-19(11-20,17(6,7)26)21(13,18)20/h13-14,23-26H,1,8-11H2,2-7H3. The summed E-state index contributed by atoms with van der Waals surface area (Å²) in [4.78, 5) is 0. The lowest BCUT2D eigenvalue weighted by molar-refractivity contribution is -0.576. The number of ether oxygens (including phenoxy) is 1. The van der Waals surface area contributed by atoms with E-state index in [1.807, 2.05) is 27.7 Å². The van der Waals surface area contributed by atoms with Crippen molar-refractivity contribution in [2.24, 2.45) is 27.6 Å². The molecule has 6 fully saturated rings. The van der Waals surface area contributed by atoms with Crippen LogP contribution in [0.15, 0.2) is 12.3 Å². The molecule has 150 valence electrons. The summed E-state index contributed by atoms with van der Waals surface area (Å²) >= 11 is 0. The molecule has 0 bridgehead atoms. The van der Waals surface area contributed by atoms with Gasteiger partial charge in [-0.05, 0) is 73.1 Å². The molecule has 6 aliphatic rings. The van der Waals surface area contributed by atoms with Crippen molar-refractivity contribution < 1.29 is 14.9 Å². The fraction of sp³-hybridized carbons (Fsp3) is 0.909. The van der Waals surface area contributed by atoms with Crippen LogP contribution in [0, 0.1) is 27.6 Å². The molecule has 0 aromatic rings. The minimum atomic E-state index is -0.759. The zero-order valence-electron chi connectivity index (χ0n) is 17.5. The Morgan fingerprint density at radius 2 is 1.52 bits per heavy atom. The SMILES string of the molecule is C=C(OC12CC3CC4(C(C)(C)O)CC(C(C)(C)O)(C1)C324)C(C)(C)C12NC1N2. The van der Waals surface area contributed by atoms with Gasteiger partial charge >= 0.3 is 0 Å². The van der Waals surface area contributed by atoms with Gasteiger partial charge in [-0.2, -0.15) is 0 Å². The quantitative estimate of drug-likeness (QED) is 0.423. The summed E-state index contributed by atoms with van der Waals surface area (Å²) in [6.07, 6.45) is 4.28. The van der Waals surface area contributed by atoms with Crippen molar-refractivity contribution in [3.8, 4) is 0 Å². The van der Waals surface area contributed by atoms with Crippen LogP contribution in [0.2, 0.25) is 0 Å². The van der Waals surface area contributed by atoms with Gasteiger partial charge in [0, 0.05) is 16.2 Å². The van der Waals surface area contributed by atoms with E-state index in [-0.39, 0.29) is 32.9 Å². The van der Waals surface area contributed by atoms with Gasteiger partial charge in [-0.25, -0.2) is 0 Å². The van der Waals surface area contributed by atoms with Crippen LogP contribution in [0.1, 0.15) is 67.2 Å². The predicted molar refractivity (Wildman–Crippen MR) is 101 cm³/mol. The second-order valence-corrected chi connectivity index (χ2v) is 12.2. The van der Waals surface area contributed by atoms with E-state index in [2.05, 4.69) is 31.1 Å². The van der Waals surface area contributed by atoms with Crippen LogP contribution in [0.25, 0.3) is 0 Å². The van der Waals surface area contributed by atoms with Crippen molar-refractivity contribution in [2.45, 2.75) is 95.9 Å². The van der Waals surface area contributed by atoms with Crippen LogP contribution >= 0.6 is 0 Å². The third-order valence-corrected chi connectivity index (χ3v) is 10.6. The molecule has 4 saturated carbocycles. The number of rotatable bonds is 6. The molecule has 5 heteroatoms. The molecule has 4 aliphatic carbocycles. The van der Waals surface area contributed by atoms with Crippen molar-refractivity contribution >= 4 is 0 Å². The second kappa shape index (κ2) is 3.76. The maximum Gasteiger partial charge on any atom is 0.117 e. The number of fused-ring (bicyclic) bond motifs is 1. The first-order valence-electron chi connectivity index (χ1n) is 10.6. The van der Waals surface area contributed by atoms with E-state index < -0.39 is 11.2 Å². The molecule has 0 aromatic carbocycles. The van der Waals surface area contributed by atoms with Gasteiger partial charge in [0.1, 0.15) is 11.3 Å². The van der Waals surface area contributed by atoms with Gasteiger partial charge in [0.05, 0.1) is 28.5 Å². The van der Waals surface area contributed by atoms with Crippen LogP contribution < -0.4 is 10.6 Å². The molecular weight excluding hydrogens is 340 g/mol.